The molecule has 0 saturated carbocycles. The Kier molecular flexibility index (Phi) is 3.97. The van der Waals surface area contributed by atoms with Crippen LogP contribution in [0.3, 0.4) is 0 Å². The number of anilines is 1. The lowest BCUT2D eigenvalue weighted by atomic mass is 10.2. The van der Waals surface area contributed by atoms with E-state index in [1.165, 1.54) is 16.9 Å². The van der Waals surface area contributed by atoms with Crippen LogP contribution in [0.15, 0.2) is 40.9 Å². The van der Waals surface area contributed by atoms with Crippen LogP contribution in [0.25, 0.3) is 10.2 Å². The Balaban J connectivity index is 1.87. The Morgan fingerprint density at radius 2 is 2.10 bits per heavy atom. The summed E-state index contributed by atoms with van der Waals surface area (Å²) in [7, 11) is 0. The minimum atomic E-state index is -0.205. The van der Waals surface area contributed by atoms with E-state index in [1.807, 2.05) is 19.1 Å². The highest BCUT2D eigenvalue weighted by Gasteiger charge is 2.11. The second-order valence-corrected chi connectivity index (χ2v) is 6.87. The zero-order valence-corrected chi connectivity index (χ0v) is 14.1. The van der Waals surface area contributed by atoms with Crippen LogP contribution in [0.4, 0.5) is 5.13 Å². The number of rotatable bonds is 2. The number of carbonyl (C=O) groups excluding carboxylic acids is 1. The van der Waals surface area contributed by atoms with E-state index >= 15 is 0 Å². The molecule has 106 valence electrons. The van der Waals surface area contributed by atoms with Crippen molar-refractivity contribution in [3.05, 3.63) is 57.0 Å². The maximum Gasteiger partial charge on any atom is 0.257 e. The van der Waals surface area contributed by atoms with E-state index in [0.29, 0.717) is 20.2 Å². The van der Waals surface area contributed by atoms with Crippen LogP contribution < -0.4 is 5.32 Å². The molecular formula is C15H10BrClN2OS. The minimum Gasteiger partial charge on any atom is -0.298 e. The van der Waals surface area contributed by atoms with E-state index < -0.39 is 0 Å². The van der Waals surface area contributed by atoms with Gasteiger partial charge in [-0.25, -0.2) is 4.98 Å². The van der Waals surface area contributed by atoms with Crippen LogP contribution in [0.5, 0.6) is 0 Å². The van der Waals surface area contributed by atoms with Crippen molar-refractivity contribution in [2.24, 2.45) is 0 Å². The van der Waals surface area contributed by atoms with Crippen LogP contribution in [0.2, 0.25) is 5.02 Å². The van der Waals surface area contributed by atoms with E-state index in [1.54, 1.807) is 18.2 Å². The molecule has 0 aliphatic heterocycles. The van der Waals surface area contributed by atoms with Gasteiger partial charge in [-0.15, -0.1) is 0 Å². The van der Waals surface area contributed by atoms with Gasteiger partial charge < -0.3 is 0 Å². The zero-order chi connectivity index (χ0) is 15.0. The summed E-state index contributed by atoms with van der Waals surface area (Å²) in [6, 6.07) is 11.1. The molecule has 0 atom stereocenters. The second-order valence-electron chi connectivity index (χ2n) is 4.57. The molecule has 0 saturated heterocycles. The van der Waals surface area contributed by atoms with E-state index in [4.69, 9.17) is 11.6 Å². The van der Waals surface area contributed by atoms with Crippen LogP contribution in [0.1, 0.15) is 15.9 Å². The first-order valence-corrected chi connectivity index (χ1v) is 8.15. The molecule has 1 aromatic heterocycles. The zero-order valence-electron chi connectivity index (χ0n) is 11.0. The molecule has 1 amide bonds. The van der Waals surface area contributed by atoms with Crippen LogP contribution in [-0.4, -0.2) is 10.9 Å². The summed E-state index contributed by atoms with van der Waals surface area (Å²) in [5.41, 5.74) is 2.59. The van der Waals surface area contributed by atoms with Crippen LogP contribution in [0, 0.1) is 6.92 Å². The molecule has 1 heterocycles. The fraction of sp³-hybridized carbons (Fsp3) is 0.0667. The number of aryl methyl sites for hydroxylation is 1. The van der Waals surface area contributed by atoms with Gasteiger partial charge in [0.15, 0.2) is 5.13 Å². The fourth-order valence-corrected chi connectivity index (χ4v) is 3.35. The van der Waals surface area contributed by atoms with E-state index in [0.717, 1.165) is 10.2 Å². The van der Waals surface area contributed by atoms with Gasteiger partial charge in [0.25, 0.3) is 5.91 Å². The number of nitrogens with zero attached hydrogens (tertiary/aromatic N) is 1. The highest BCUT2D eigenvalue weighted by Crippen LogP contribution is 2.28. The van der Waals surface area contributed by atoms with Gasteiger partial charge in [-0.05, 0) is 58.7 Å². The average molecular weight is 382 g/mol. The first-order valence-electron chi connectivity index (χ1n) is 6.16. The van der Waals surface area contributed by atoms with Gasteiger partial charge in [0.1, 0.15) is 0 Å². The molecule has 1 N–H and O–H groups in total. The number of thiazole rings is 1. The summed E-state index contributed by atoms with van der Waals surface area (Å²) in [6.45, 7) is 2.03. The van der Waals surface area contributed by atoms with Crippen molar-refractivity contribution in [3.63, 3.8) is 0 Å². The topological polar surface area (TPSA) is 42.0 Å². The first kappa shape index (κ1) is 14.5. The summed E-state index contributed by atoms with van der Waals surface area (Å²) in [5, 5.41) is 3.98. The van der Waals surface area contributed by atoms with Gasteiger partial charge in [0, 0.05) is 10.0 Å². The third-order valence-corrected chi connectivity index (χ3v) is 5.09. The van der Waals surface area contributed by atoms with E-state index in [-0.39, 0.29) is 5.91 Å². The van der Waals surface area contributed by atoms with Crippen LogP contribution >= 0.6 is 38.9 Å². The molecule has 3 nitrogen and oxygen atoms in total. The Labute approximate surface area is 139 Å². The minimum absolute atomic E-state index is 0.205. The van der Waals surface area contributed by atoms with Crippen molar-refractivity contribution < 1.29 is 4.79 Å². The maximum absolute atomic E-state index is 12.2. The number of amides is 1. The van der Waals surface area contributed by atoms with Crippen molar-refractivity contribution in [1.29, 1.82) is 0 Å². The molecule has 0 unspecified atom stereocenters. The van der Waals surface area contributed by atoms with Gasteiger partial charge in [-0.3, -0.25) is 10.1 Å². The van der Waals surface area contributed by atoms with Crippen molar-refractivity contribution in [2.75, 3.05) is 5.32 Å². The molecule has 3 rings (SSSR count). The van der Waals surface area contributed by atoms with Gasteiger partial charge in [-0.2, -0.15) is 0 Å². The molecule has 2 aromatic carbocycles. The summed E-state index contributed by atoms with van der Waals surface area (Å²) in [5.74, 6) is -0.205. The molecule has 0 fully saturated rings. The van der Waals surface area contributed by atoms with Crippen molar-refractivity contribution in [2.45, 2.75) is 6.92 Å². The normalized spacial score (nSPS) is 10.8. The van der Waals surface area contributed by atoms with Crippen molar-refractivity contribution in [3.8, 4) is 0 Å². The molecular weight excluding hydrogens is 372 g/mol. The van der Waals surface area contributed by atoms with Gasteiger partial charge in [0.05, 0.1) is 15.2 Å². The monoisotopic (exact) mass is 380 g/mol. The van der Waals surface area contributed by atoms with Crippen molar-refractivity contribution in [1.82, 2.24) is 4.98 Å². The lowest BCUT2D eigenvalue weighted by Crippen LogP contribution is -2.11. The molecule has 21 heavy (non-hydrogen) atoms. The summed E-state index contributed by atoms with van der Waals surface area (Å²) < 4.78 is 1.75. The molecule has 0 bridgehead atoms. The van der Waals surface area contributed by atoms with Crippen molar-refractivity contribution >= 4 is 60.1 Å². The molecule has 0 radical (unpaired) electrons. The molecule has 0 aliphatic rings. The summed E-state index contributed by atoms with van der Waals surface area (Å²) in [4.78, 5) is 16.6. The molecule has 6 heteroatoms. The lowest BCUT2D eigenvalue weighted by Gasteiger charge is -2.03. The number of benzene rings is 2. The smallest absolute Gasteiger partial charge is 0.257 e. The maximum atomic E-state index is 12.2. The van der Waals surface area contributed by atoms with Gasteiger partial charge in [0.2, 0.25) is 0 Å². The number of carbonyl (C=O) groups is 1. The second kappa shape index (κ2) is 5.75. The highest BCUT2D eigenvalue weighted by atomic mass is 79.9. The van der Waals surface area contributed by atoms with E-state index in [9.17, 15) is 4.79 Å². The number of hydrogen-bond donors (Lipinski definition) is 1. The SMILES string of the molecule is Cc1ccc2nc(NC(=O)c3ccc(Cl)c(Br)c3)sc2c1. The molecule has 3 aromatic rings. The Bertz CT molecular complexity index is 847. The standard InChI is InChI=1S/C15H10BrClN2OS/c1-8-2-5-12-13(6-8)21-15(18-12)19-14(20)9-3-4-11(17)10(16)7-9/h2-7H,1H3,(H,18,19,20). The quantitative estimate of drug-likeness (QED) is 0.657. The number of halogens is 2. The number of hydrogen-bond acceptors (Lipinski definition) is 3. The third-order valence-electron chi connectivity index (χ3n) is 2.95. The fourth-order valence-electron chi connectivity index (χ4n) is 1.89. The number of nitrogens with one attached hydrogen (secondary N) is 1. The first-order chi connectivity index (χ1) is 10.0. The van der Waals surface area contributed by atoms with Gasteiger partial charge >= 0.3 is 0 Å². The number of aromatic nitrogens is 1. The lowest BCUT2D eigenvalue weighted by molar-refractivity contribution is 0.102. The predicted molar refractivity (Wildman–Crippen MR) is 91.5 cm³/mol. The summed E-state index contributed by atoms with van der Waals surface area (Å²) in [6.07, 6.45) is 0. The summed E-state index contributed by atoms with van der Waals surface area (Å²) >= 11 is 10.7. The number of fused-ring (bicyclic) bond motifs is 1. The third kappa shape index (κ3) is 3.10. The average Bonchev–Trinajstić information content (AvgIpc) is 2.83. The Morgan fingerprint density at radius 1 is 1.29 bits per heavy atom. The molecule has 0 spiro atoms. The molecule has 0 aliphatic carbocycles. The van der Waals surface area contributed by atoms with Crippen LogP contribution in [-0.2, 0) is 0 Å². The Morgan fingerprint density at radius 3 is 2.86 bits per heavy atom. The van der Waals surface area contributed by atoms with E-state index in [2.05, 4.69) is 32.3 Å². The largest absolute Gasteiger partial charge is 0.298 e. The van der Waals surface area contributed by atoms with Gasteiger partial charge in [-0.1, -0.05) is 29.0 Å². The highest BCUT2D eigenvalue weighted by molar-refractivity contribution is 9.10. The Hall–Kier alpha value is -1.43. The predicted octanol–water partition coefficient (Wildman–Crippen LogP) is 5.27.